The highest BCUT2D eigenvalue weighted by atomic mass is 16.4. The van der Waals surface area contributed by atoms with Crippen LogP contribution in [0.2, 0.25) is 0 Å². The van der Waals surface area contributed by atoms with E-state index in [1.807, 2.05) is 6.92 Å². The van der Waals surface area contributed by atoms with Gasteiger partial charge < -0.3 is 15.3 Å². The van der Waals surface area contributed by atoms with Crippen LogP contribution < -0.4 is 11.3 Å². The van der Waals surface area contributed by atoms with Gasteiger partial charge in [-0.25, -0.2) is 5.43 Å². The molecule has 0 heterocycles. The molecule has 1 unspecified atom stereocenters. The number of aromatic hydroxyl groups is 2. The Kier molecular flexibility index (Phi) is 5.14. The van der Waals surface area contributed by atoms with E-state index in [9.17, 15) is 20.1 Å². The minimum atomic E-state index is -1.32. The van der Waals surface area contributed by atoms with Crippen LogP contribution in [0.1, 0.15) is 31.7 Å². The summed E-state index contributed by atoms with van der Waals surface area (Å²) in [4.78, 5) is 11.5. The maximum Gasteiger partial charge on any atom is 0.325 e. The van der Waals surface area contributed by atoms with Crippen LogP contribution in [-0.2, 0) is 11.2 Å². The van der Waals surface area contributed by atoms with Gasteiger partial charge in [0.25, 0.3) is 0 Å². The van der Waals surface area contributed by atoms with Crippen molar-refractivity contribution in [1.82, 2.24) is 5.43 Å². The molecule has 0 aromatic heterocycles. The lowest BCUT2D eigenvalue weighted by Crippen LogP contribution is -2.57. The molecule has 0 aliphatic rings. The summed E-state index contributed by atoms with van der Waals surface area (Å²) >= 11 is 0. The van der Waals surface area contributed by atoms with E-state index in [0.717, 1.165) is 6.42 Å². The van der Waals surface area contributed by atoms with Crippen LogP contribution in [0, 0.1) is 0 Å². The number of rotatable bonds is 7. The smallest absolute Gasteiger partial charge is 0.325 e. The Balaban J connectivity index is 3.02. The predicted octanol–water partition coefficient (Wildman–Crippen LogP) is 1.12. The first-order chi connectivity index (χ1) is 8.95. The minimum absolute atomic E-state index is 0.0466. The molecule has 1 atom stereocenters. The lowest BCUT2D eigenvalue weighted by molar-refractivity contribution is -0.145. The Morgan fingerprint density at radius 3 is 2.58 bits per heavy atom. The van der Waals surface area contributed by atoms with E-state index >= 15 is 0 Å². The summed E-state index contributed by atoms with van der Waals surface area (Å²) in [6.45, 7) is 1.96. The van der Waals surface area contributed by atoms with E-state index in [2.05, 4.69) is 5.43 Å². The number of benzene rings is 1. The van der Waals surface area contributed by atoms with Gasteiger partial charge >= 0.3 is 5.97 Å². The molecule has 0 saturated carbocycles. The minimum Gasteiger partial charge on any atom is -0.508 e. The molecule has 1 aromatic carbocycles. The van der Waals surface area contributed by atoms with E-state index < -0.39 is 11.5 Å². The predicted molar refractivity (Wildman–Crippen MR) is 70.7 cm³/mol. The summed E-state index contributed by atoms with van der Waals surface area (Å²) < 4.78 is 0. The number of hydrogen-bond donors (Lipinski definition) is 5. The van der Waals surface area contributed by atoms with Gasteiger partial charge in [-0.1, -0.05) is 25.8 Å². The molecule has 6 heteroatoms. The average molecular weight is 268 g/mol. The Morgan fingerprint density at radius 2 is 2.11 bits per heavy atom. The van der Waals surface area contributed by atoms with Crippen molar-refractivity contribution in [3.63, 3.8) is 0 Å². The molecule has 0 aliphatic heterocycles. The summed E-state index contributed by atoms with van der Waals surface area (Å²) in [5, 5.41) is 28.3. The number of phenols is 2. The first-order valence-electron chi connectivity index (χ1n) is 6.17. The molecule has 0 fully saturated rings. The molecule has 106 valence electrons. The third-order valence-corrected chi connectivity index (χ3v) is 3.20. The van der Waals surface area contributed by atoms with Crippen molar-refractivity contribution in [2.24, 2.45) is 5.84 Å². The van der Waals surface area contributed by atoms with Crippen molar-refractivity contribution in [1.29, 1.82) is 0 Å². The SMILES string of the molecule is CCCCC(Cc1ccc(O)cc1O)(NN)C(=O)O. The van der Waals surface area contributed by atoms with E-state index in [4.69, 9.17) is 5.84 Å². The molecule has 1 rings (SSSR count). The third kappa shape index (κ3) is 3.59. The number of phenolic OH excluding ortho intramolecular Hbond substituents is 2. The van der Waals surface area contributed by atoms with Crippen LogP contribution in [0.15, 0.2) is 18.2 Å². The molecule has 19 heavy (non-hydrogen) atoms. The molecular formula is C13H20N2O4. The number of nitrogens with two attached hydrogens (primary N) is 1. The number of nitrogens with one attached hydrogen (secondary N) is 1. The number of aliphatic carboxylic acids is 1. The van der Waals surface area contributed by atoms with E-state index in [0.29, 0.717) is 18.4 Å². The zero-order valence-corrected chi connectivity index (χ0v) is 10.9. The topological polar surface area (TPSA) is 116 Å². The molecule has 6 N–H and O–H groups in total. The molecule has 0 bridgehead atoms. The second-order valence-electron chi connectivity index (χ2n) is 4.62. The van der Waals surface area contributed by atoms with Crippen molar-refractivity contribution in [3.05, 3.63) is 23.8 Å². The van der Waals surface area contributed by atoms with Crippen molar-refractivity contribution in [3.8, 4) is 11.5 Å². The summed E-state index contributed by atoms with van der Waals surface area (Å²) in [7, 11) is 0. The maximum absolute atomic E-state index is 11.5. The van der Waals surface area contributed by atoms with Crippen LogP contribution in [-0.4, -0.2) is 26.8 Å². The van der Waals surface area contributed by atoms with Crippen molar-refractivity contribution >= 4 is 5.97 Å². The van der Waals surface area contributed by atoms with Gasteiger partial charge in [-0.15, -0.1) is 0 Å². The maximum atomic E-state index is 11.5. The van der Waals surface area contributed by atoms with Gasteiger partial charge in [0, 0.05) is 12.5 Å². The monoisotopic (exact) mass is 268 g/mol. The number of hydrogen-bond acceptors (Lipinski definition) is 5. The highest BCUT2D eigenvalue weighted by Gasteiger charge is 2.37. The normalized spacial score (nSPS) is 14.0. The summed E-state index contributed by atoms with van der Waals surface area (Å²) in [6, 6.07) is 4.07. The second kappa shape index (κ2) is 6.40. The van der Waals surface area contributed by atoms with Gasteiger partial charge in [-0.05, 0) is 18.1 Å². The Bertz CT molecular complexity index is 450. The van der Waals surface area contributed by atoms with Crippen molar-refractivity contribution < 1.29 is 20.1 Å². The quantitative estimate of drug-likeness (QED) is 0.374. The summed E-state index contributed by atoms with van der Waals surface area (Å²) in [5.74, 6) is 4.14. The van der Waals surface area contributed by atoms with Gasteiger partial charge in [-0.3, -0.25) is 10.6 Å². The Morgan fingerprint density at radius 1 is 1.42 bits per heavy atom. The van der Waals surface area contributed by atoms with Gasteiger partial charge in [0.2, 0.25) is 0 Å². The van der Waals surface area contributed by atoms with Crippen LogP contribution in [0.3, 0.4) is 0 Å². The lowest BCUT2D eigenvalue weighted by atomic mass is 9.86. The average Bonchev–Trinajstić information content (AvgIpc) is 2.37. The lowest BCUT2D eigenvalue weighted by Gasteiger charge is -2.29. The first-order valence-corrected chi connectivity index (χ1v) is 6.17. The van der Waals surface area contributed by atoms with Crippen LogP contribution in [0.25, 0.3) is 0 Å². The van der Waals surface area contributed by atoms with Gasteiger partial charge in [0.05, 0.1) is 0 Å². The zero-order valence-electron chi connectivity index (χ0n) is 10.9. The largest absolute Gasteiger partial charge is 0.508 e. The molecule has 0 radical (unpaired) electrons. The summed E-state index contributed by atoms with van der Waals surface area (Å²) in [6.07, 6.45) is 1.95. The number of carboxylic acids is 1. The molecule has 6 nitrogen and oxygen atoms in total. The number of carbonyl (C=O) groups is 1. The molecule has 1 aromatic rings. The number of unbranched alkanes of at least 4 members (excludes halogenated alkanes) is 1. The van der Waals surface area contributed by atoms with Gasteiger partial charge in [0.15, 0.2) is 0 Å². The van der Waals surface area contributed by atoms with Crippen LogP contribution in [0.4, 0.5) is 0 Å². The highest BCUT2D eigenvalue weighted by molar-refractivity contribution is 5.79. The first kappa shape index (κ1) is 15.3. The number of hydrazine groups is 1. The van der Waals surface area contributed by atoms with E-state index in [-0.39, 0.29) is 17.9 Å². The molecule has 0 saturated heterocycles. The fraction of sp³-hybridized carbons (Fsp3) is 0.462. The zero-order chi connectivity index (χ0) is 14.5. The molecule has 0 amide bonds. The fourth-order valence-electron chi connectivity index (χ4n) is 1.96. The van der Waals surface area contributed by atoms with E-state index in [1.54, 1.807) is 0 Å². The third-order valence-electron chi connectivity index (χ3n) is 3.20. The standard InChI is InChI=1S/C13H20N2O4/c1-2-3-6-13(15-14,12(18)19)8-9-4-5-10(16)7-11(9)17/h4-5,7,15-17H,2-3,6,8,14H2,1H3,(H,18,19). The fourth-order valence-corrected chi connectivity index (χ4v) is 1.96. The molecule has 0 aliphatic carbocycles. The van der Waals surface area contributed by atoms with Crippen molar-refractivity contribution in [2.45, 2.75) is 38.1 Å². The summed E-state index contributed by atoms with van der Waals surface area (Å²) in [5.41, 5.74) is 1.48. The van der Waals surface area contributed by atoms with Crippen molar-refractivity contribution in [2.75, 3.05) is 0 Å². The second-order valence-corrected chi connectivity index (χ2v) is 4.62. The molecular weight excluding hydrogens is 248 g/mol. The van der Waals surface area contributed by atoms with Crippen LogP contribution in [0.5, 0.6) is 11.5 Å². The highest BCUT2D eigenvalue weighted by Crippen LogP contribution is 2.28. The van der Waals surface area contributed by atoms with Gasteiger partial charge in [0.1, 0.15) is 17.0 Å². The molecule has 0 spiro atoms. The Hall–Kier alpha value is -1.79. The van der Waals surface area contributed by atoms with Crippen LogP contribution >= 0.6 is 0 Å². The number of carboxylic acid groups (broad SMARTS) is 1. The van der Waals surface area contributed by atoms with Gasteiger partial charge in [-0.2, -0.15) is 0 Å². The Labute approximate surface area is 111 Å². The van der Waals surface area contributed by atoms with E-state index in [1.165, 1.54) is 18.2 Å².